The van der Waals surface area contributed by atoms with Gasteiger partial charge in [0.2, 0.25) is 0 Å². The summed E-state index contributed by atoms with van der Waals surface area (Å²) in [7, 11) is 0. The number of hydrogen-bond acceptors (Lipinski definition) is 6. The van der Waals surface area contributed by atoms with Crippen LogP contribution in [0.5, 0.6) is 5.75 Å². The van der Waals surface area contributed by atoms with Gasteiger partial charge in [-0.3, -0.25) is 0 Å². The average molecular weight is 398 g/mol. The summed E-state index contributed by atoms with van der Waals surface area (Å²) < 4.78 is 0. The van der Waals surface area contributed by atoms with Crippen LogP contribution in [0.25, 0.3) is 10.8 Å². The van der Waals surface area contributed by atoms with Gasteiger partial charge in [0.15, 0.2) is 12.0 Å². The maximum Gasteiger partial charge on any atom is 0.167 e. The van der Waals surface area contributed by atoms with E-state index in [-0.39, 0.29) is 5.75 Å². The Hall–Kier alpha value is -3.90. The standard InChI is InChI=1S/C24H22N4O2/c1-15-6-8-16(9-7-15)24(30)26-21-14-17-4-2-3-5-20(17)22(23(21)29)28-27-19-12-10-18(25)11-13-19/h2-14,24,26,29-30H,25H2,1H3. The molecule has 0 bridgehead atoms. The number of phenols is 1. The molecule has 0 radical (unpaired) electrons. The molecule has 5 N–H and O–H groups in total. The molecule has 1 atom stereocenters. The van der Waals surface area contributed by atoms with Crippen LogP contribution in [0.2, 0.25) is 0 Å². The predicted octanol–water partition coefficient (Wildman–Crippen LogP) is 5.95. The first-order chi connectivity index (χ1) is 14.5. The number of rotatable bonds is 5. The molecular weight excluding hydrogens is 376 g/mol. The highest BCUT2D eigenvalue weighted by atomic mass is 16.3. The number of aliphatic hydroxyl groups excluding tert-OH is 1. The van der Waals surface area contributed by atoms with Crippen molar-refractivity contribution >= 4 is 33.5 Å². The summed E-state index contributed by atoms with van der Waals surface area (Å²) in [6.07, 6.45) is -0.987. The number of benzene rings is 4. The normalized spacial score (nSPS) is 12.3. The van der Waals surface area contributed by atoms with E-state index >= 15 is 0 Å². The Morgan fingerprint density at radius 3 is 2.33 bits per heavy atom. The number of aryl methyl sites for hydroxylation is 1. The van der Waals surface area contributed by atoms with Crippen molar-refractivity contribution in [3.05, 3.63) is 90.0 Å². The van der Waals surface area contributed by atoms with Crippen molar-refractivity contribution in [2.24, 2.45) is 10.2 Å². The summed E-state index contributed by atoms with van der Waals surface area (Å²) in [6, 6.07) is 23.8. The fraction of sp³-hybridized carbons (Fsp3) is 0.0833. The van der Waals surface area contributed by atoms with Gasteiger partial charge in [0.1, 0.15) is 5.69 Å². The number of azo groups is 1. The van der Waals surface area contributed by atoms with Gasteiger partial charge in [-0.05, 0) is 42.6 Å². The number of nitrogens with two attached hydrogens (primary N) is 1. The molecule has 30 heavy (non-hydrogen) atoms. The Kier molecular flexibility index (Phi) is 5.32. The molecule has 4 aromatic carbocycles. The van der Waals surface area contributed by atoms with Crippen LogP contribution in [0.1, 0.15) is 17.4 Å². The van der Waals surface area contributed by atoms with Crippen molar-refractivity contribution in [3.8, 4) is 5.75 Å². The summed E-state index contributed by atoms with van der Waals surface area (Å²) in [6.45, 7) is 1.98. The first-order valence-electron chi connectivity index (χ1n) is 9.54. The Balaban J connectivity index is 1.73. The molecule has 150 valence electrons. The Morgan fingerprint density at radius 1 is 0.900 bits per heavy atom. The zero-order chi connectivity index (χ0) is 21.1. The molecule has 4 aromatic rings. The van der Waals surface area contributed by atoms with Gasteiger partial charge >= 0.3 is 0 Å². The second kappa shape index (κ2) is 8.23. The number of fused-ring (bicyclic) bond motifs is 1. The minimum absolute atomic E-state index is 0.0842. The molecule has 0 spiro atoms. The van der Waals surface area contributed by atoms with Crippen molar-refractivity contribution in [2.75, 3.05) is 11.1 Å². The van der Waals surface area contributed by atoms with Gasteiger partial charge in [0.05, 0.1) is 11.4 Å². The van der Waals surface area contributed by atoms with Crippen LogP contribution in [0, 0.1) is 6.92 Å². The summed E-state index contributed by atoms with van der Waals surface area (Å²) in [4.78, 5) is 0. The lowest BCUT2D eigenvalue weighted by Gasteiger charge is -2.17. The van der Waals surface area contributed by atoms with Crippen molar-refractivity contribution in [3.63, 3.8) is 0 Å². The Labute approximate surface area is 174 Å². The van der Waals surface area contributed by atoms with Crippen LogP contribution in [-0.2, 0) is 0 Å². The predicted molar refractivity (Wildman–Crippen MR) is 120 cm³/mol. The first kappa shape index (κ1) is 19.4. The van der Waals surface area contributed by atoms with E-state index in [4.69, 9.17) is 5.73 Å². The maximum atomic E-state index is 10.9. The average Bonchev–Trinajstić information content (AvgIpc) is 2.75. The molecule has 6 nitrogen and oxygen atoms in total. The summed E-state index contributed by atoms with van der Waals surface area (Å²) in [5.41, 5.74) is 9.45. The van der Waals surface area contributed by atoms with E-state index in [9.17, 15) is 10.2 Å². The van der Waals surface area contributed by atoms with Gasteiger partial charge in [0.25, 0.3) is 0 Å². The second-order valence-electron chi connectivity index (χ2n) is 7.09. The quantitative estimate of drug-likeness (QED) is 0.144. The lowest BCUT2D eigenvalue weighted by molar-refractivity contribution is 0.207. The highest BCUT2D eigenvalue weighted by molar-refractivity contribution is 5.99. The number of phenolic OH excluding ortho intramolecular Hbond substituents is 1. The van der Waals surface area contributed by atoms with Gasteiger partial charge in [0, 0.05) is 16.6 Å². The summed E-state index contributed by atoms with van der Waals surface area (Å²) in [5, 5.41) is 34.6. The van der Waals surface area contributed by atoms with Crippen LogP contribution in [0.4, 0.5) is 22.7 Å². The van der Waals surface area contributed by atoms with Crippen molar-refractivity contribution in [1.82, 2.24) is 0 Å². The number of anilines is 2. The van der Waals surface area contributed by atoms with Crippen LogP contribution in [-0.4, -0.2) is 10.2 Å². The number of hydrogen-bond donors (Lipinski definition) is 4. The van der Waals surface area contributed by atoms with Crippen molar-refractivity contribution in [2.45, 2.75) is 13.2 Å². The van der Waals surface area contributed by atoms with E-state index in [1.54, 1.807) is 30.3 Å². The van der Waals surface area contributed by atoms with Crippen LogP contribution >= 0.6 is 0 Å². The van der Waals surface area contributed by atoms with Crippen LogP contribution in [0.3, 0.4) is 0 Å². The molecule has 4 rings (SSSR count). The Morgan fingerprint density at radius 2 is 1.60 bits per heavy atom. The topological polar surface area (TPSA) is 103 Å². The lowest BCUT2D eigenvalue weighted by atomic mass is 10.1. The van der Waals surface area contributed by atoms with E-state index in [2.05, 4.69) is 15.5 Å². The number of nitrogen functional groups attached to an aromatic ring is 1. The first-order valence-corrected chi connectivity index (χ1v) is 9.54. The van der Waals surface area contributed by atoms with Crippen molar-refractivity contribution < 1.29 is 10.2 Å². The number of nitrogens with one attached hydrogen (secondary N) is 1. The fourth-order valence-electron chi connectivity index (χ4n) is 3.16. The van der Waals surface area contributed by atoms with E-state index in [0.717, 1.165) is 16.3 Å². The highest BCUT2D eigenvalue weighted by Crippen LogP contribution is 2.43. The molecule has 1 unspecified atom stereocenters. The zero-order valence-corrected chi connectivity index (χ0v) is 16.4. The van der Waals surface area contributed by atoms with Gasteiger partial charge in [-0.15, -0.1) is 5.11 Å². The monoisotopic (exact) mass is 398 g/mol. The third-order valence-corrected chi connectivity index (χ3v) is 4.84. The molecule has 0 saturated heterocycles. The molecule has 0 aliphatic rings. The van der Waals surface area contributed by atoms with Crippen LogP contribution in [0.15, 0.2) is 89.1 Å². The summed E-state index contributed by atoms with van der Waals surface area (Å²) in [5.74, 6) is -0.0842. The third kappa shape index (κ3) is 4.09. The number of aromatic hydroxyl groups is 1. The fourth-order valence-corrected chi connectivity index (χ4v) is 3.16. The molecule has 6 heteroatoms. The molecule has 0 amide bonds. The second-order valence-corrected chi connectivity index (χ2v) is 7.09. The Bertz CT molecular complexity index is 1200. The molecular formula is C24H22N4O2. The van der Waals surface area contributed by atoms with Gasteiger partial charge < -0.3 is 21.3 Å². The number of aliphatic hydroxyl groups is 1. The van der Waals surface area contributed by atoms with E-state index < -0.39 is 6.23 Å². The lowest BCUT2D eigenvalue weighted by Crippen LogP contribution is -2.09. The largest absolute Gasteiger partial charge is 0.504 e. The third-order valence-electron chi connectivity index (χ3n) is 4.84. The SMILES string of the molecule is Cc1ccc(C(O)Nc2cc3ccccc3c(N=Nc3ccc(N)cc3)c2O)cc1. The minimum atomic E-state index is -0.987. The van der Waals surface area contributed by atoms with E-state index in [0.29, 0.717) is 28.3 Å². The maximum absolute atomic E-state index is 10.9. The molecule has 0 aromatic heterocycles. The van der Waals surface area contributed by atoms with E-state index in [1.807, 2.05) is 55.5 Å². The van der Waals surface area contributed by atoms with Crippen molar-refractivity contribution in [1.29, 1.82) is 0 Å². The van der Waals surface area contributed by atoms with Gasteiger partial charge in [-0.1, -0.05) is 54.1 Å². The molecule has 0 heterocycles. The molecule has 0 aliphatic heterocycles. The number of nitrogens with zero attached hydrogens (tertiary/aromatic N) is 2. The summed E-state index contributed by atoms with van der Waals surface area (Å²) >= 11 is 0. The molecule has 0 saturated carbocycles. The van der Waals surface area contributed by atoms with Crippen LogP contribution < -0.4 is 11.1 Å². The smallest absolute Gasteiger partial charge is 0.167 e. The molecule has 0 fully saturated rings. The molecule has 0 aliphatic carbocycles. The highest BCUT2D eigenvalue weighted by Gasteiger charge is 2.16. The zero-order valence-electron chi connectivity index (χ0n) is 16.4. The minimum Gasteiger partial charge on any atom is -0.504 e. The van der Waals surface area contributed by atoms with Gasteiger partial charge in [-0.25, -0.2) is 0 Å². The van der Waals surface area contributed by atoms with E-state index in [1.165, 1.54) is 0 Å². The van der Waals surface area contributed by atoms with Gasteiger partial charge in [-0.2, -0.15) is 5.11 Å².